The van der Waals surface area contributed by atoms with E-state index >= 15 is 0 Å². The van der Waals surface area contributed by atoms with Crippen molar-refractivity contribution < 1.29 is 9.50 Å². The molecular formula is C22H27FN4O. The number of hydrazone groups is 1. The van der Waals surface area contributed by atoms with Crippen LogP contribution in [0.4, 0.5) is 4.39 Å². The summed E-state index contributed by atoms with van der Waals surface area (Å²) >= 11 is 0. The summed E-state index contributed by atoms with van der Waals surface area (Å²) in [5.74, 6) is 0.277. The molecule has 0 radical (unpaired) electrons. The molecule has 0 unspecified atom stereocenters. The lowest BCUT2D eigenvalue weighted by atomic mass is 10.0. The van der Waals surface area contributed by atoms with Gasteiger partial charge in [-0.3, -0.25) is 5.01 Å². The molecule has 0 amide bonds. The van der Waals surface area contributed by atoms with Crippen molar-refractivity contribution in [3.8, 4) is 0 Å². The van der Waals surface area contributed by atoms with Gasteiger partial charge in [0.25, 0.3) is 0 Å². The van der Waals surface area contributed by atoms with E-state index in [9.17, 15) is 9.50 Å². The third-order valence-electron chi connectivity index (χ3n) is 4.18. The van der Waals surface area contributed by atoms with Crippen molar-refractivity contribution in [2.45, 2.75) is 39.2 Å². The zero-order chi connectivity index (χ0) is 20.7. The number of halogens is 1. The molecule has 1 aliphatic rings. The maximum atomic E-state index is 13.5. The molecule has 0 fully saturated rings. The number of aliphatic hydroxyl groups is 1. The summed E-state index contributed by atoms with van der Waals surface area (Å²) in [5.41, 5.74) is 2.19. The second-order valence-electron chi connectivity index (χ2n) is 7.16. The maximum Gasteiger partial charge on any atom is 0.128 e. The number of aromatic nitrogens is 2. The normalized spacial score (nSPS) is 15.7. The molecule has 1 N–H and O–H groups in total. The first kappa shape index (κ1) is 21.4. The lowest BCUT2D eigenvalue weighted by Gasteiger charge is -2.24. The molecule has 28 heavy (non-hydrogen) atoms. The van der Waals surface area contributed by atoms with Gasteiger partial charge in [-0.2, -0.15) is 5.10 Å². The number of hydrogen-bond acceptors (Lipinski definition) is 5. The molecule has 2 heterocycles. The van der Waals surface area contributed by atoms with E-state index in [2.05, 4.69) is 28.2 Å². The number of hydrogen-bond donors (Lipinski definition) is 1. The summed E-state index contributed by atoms with van der Waals surface area (Å²) < 4.78 is 13.5. The smallest absolute Gasteiger partial charge is 0.128 e. The van der Waals surface area contributed by atoms with E-state index in [-0.39, 0.29) is 0 Å². The molecule has 1 aromatic rings. The van der Waals surface area contributed by atoms with E-state index in [1.807, 2.05) is 25.2 Å². The average molecular weight is 382 g/mol. The SMILES string of the molecule is C=C/C(F)=C\C(=C/C)CN1N=C(c2cnc(CCC(C)(C)O)nc2)C=CC1=C. The molecule has 0 saturated heterocycles. The number of aryl methyl sites for hydroxylation is 1. The molecule has 1 aromatic heterocycles. The highest BCUT2D eigenvalue weighted by molar-refractivity contribution is 6.08. The molecular weight excluding hydrogens is 355 g/mol. The van der Waals surface area contributed by atoms with Gasteiger partial charge >= 0.3 is 0 Å². The van der Waals surface area contributed by atoms with Crippen LogP contribution in [0.2, 0.25) is 0 Å². The number of allylic oxidation sites excluding steroid dienone is 5. The van der Waals surface area contributed by atoms with Gasteiger partial charge in [-0.05, 0) is 57.1 Å². The topological polar surface area (TPSA) is 61.6 Å². The number of nitrogens with zero attached hydrogens (tertiary/aromatic N) is 4. The molecule has 0 bridgehead atoms. The van der Waals surface area contributed by atoms with Crippen molar-refractivity contribution >= 4 is 5.71 Å². The van der Waals surface area contributed by atoms with E-state index in [1.165, 1.54) is 12.2 Å². The Morgan fingerprint density at radius 2 is 1.96 bits per heavy atom. The van der Waals surface area contributed by atoms with Crippen LogP contribution in [0.15, 0.2) is 78.1 Å². The lowest BCUT2D eigenvalue weighted by molar-refractivity contribution is 0.0708. The monoisotopic (exact) mass is 382 g/mol. The van der Waals surface area contributed by atoms with Gasteiger partial charge in [0.05, 0.1) is 23.6 Å². The van der Waals surface area contributed by atoms with E-state index < -0.39 is 11.4 Å². The van der Waals surface area contributed by atoms with Gasteiger partial charge in [0.1, 0.15) is 11.7 Å². The van der Waals surface area contributed by atoms with E-state index in [1.54, 1.807) is 31.3 Å². The highest BCUT2D eigenvalue weighted by Crippen LogP contribution is 2.18. The van der Waals surface area contributed by atoms with E-state index in [0.717, 1.165) is 11.1 Å². The van der Waals surface area contributed by atoms with Crippen LogP contribution in [0.25, 0.3) is 0 Å². The quantitative estimate of drug-likeness (QED) is 0.683. The molecule has 0 atom stereocenters. The summed E-state index contributed by atoms with van der Waals surface area (Å²) in [6.07, 6.45) is 12.7. The minimum Gasteiger partial charge on any atom is -0.390 e. The molecule has 0 spiro atoms. The predicted molar refractivity (Wildman–Crippen MR) is 111 cm³/mol. The lowest BCUT2D eigenvalue weighted by Crippen LogP contribution is -2.23. The van der Waals surface area contributed by atoms with Crippen molar-refractivity contribution in [2.75, 3.05) is 6.54 Å². The molecule has 0 aromatic carbocycles. The van der Waals surface area contributed by atoms with Crippen LogP contribution < -0.4 is 0 Å². The molecule has 148 valence electrons. The van der Waals surface area contributed by atoms with Crippen molar-refractivity contribution in [2.24, 2.45) is 5.10 Å². The maximum absolute atomic E-state index is 13.5. The Hall–Kier alpha value is -2.86. The van der Waals surface area contributed by atoms with Crippen molar-refractivity contribution in [1.29, 1.82) is 0 Å². The second-order valence-corrected chi connectivity index (χ2v) is 7.16. The summed E-state index contributed by atoms with van der Waals surface area (Å²) in [7, 11) is 0. The minimum atomic E-state index is -0.747. The van der Waals surface area contributed by atoms with Gasteiger partial charge in [0.15, 0.2) is 0 Å². The fourth-order valence-electron chi connectivity index (χ4n) is 2.44. The molecule has 5 nitrogen and oxygen atoms in total. The fourth-order valence-corrected chi connectivity index (χ4v) is 2.44. The first-order valence-corrected chi connectivity index (χ1v) is 9.13. The average Bonchev–Trinajstić information content (AvgIpc) is 2.67. The van der Waals surface area contributed by atoms with Gasteiger partial charge in [-0.1, -0.05) is 19.2 Å². The third-order valence-corrected chi connectivity index (χ3v) is 4.18. The Balaban J connectivity index is 2.15. The summed E-state index contributed by atoms with van der Waals surface area (Å²) in [6.45, 7) is 13.2. The van der Waals surface area contributed by atoms with Gasteiger partial charge in [0, 0.05) is 24.4 Å². The van der Waals surface area contributed by atoms with Crippen LogP contribution in [0, 0.1) is 0 Å². The van der Waals surface area contributed by atoms with Crippen LogP contribution in [-0.4, -0.2) is 37.9 Å². The van der Waals surface area contributed by atoms with Crippen molar-refractivity contribution in [3.63, 3.8) is 0 Å². The van der Waals surface area contributed by atoms with Gasteiger partial charge in [-0.25, -0.2) is 14.4 Å². The Morgan fingerprint density at radius 1 is 1.29 bits per heavy atom. The van der Waals surface area contributed by atoms with Crippen LogP contribution in [0.5, 0.6) is 0 Å². The first-order chi connectivity index (χ1) is 13.2. The van der Waals surface area contributed by atoms with Crippen molar-refractivity contribution in [1.82, 2.24) is 15.0 Å². The van der Waals surface area contributed by atoms with Gasteiger partial charge < -0.3 is 5.11 Å². The molecule has 2 rings (SSSR count). The standard InChI is InChI=1S/C22H27FN4O/c1-6-17(12-19(23)7-2)15-27-16(3)8-9-20(26-27)18-13-24-21(25-14-18)10-11-22(4,5)28/h6-9,12-14,28H,2-3,10-11,15H2,1,4-5H3/b17-6+,19-12+. The zero-order valence-corrected chi connectivity index (χ0v) is 16.7. The summed E-state index contributed by atoms with van der Waals surface area (Å²) in [5, 5.41) is 16.1. The molecule has 0 aliphatic carbocycles. The van der Waals surface area contributed by atoms with Crippen LogP contribution in [0.1, 0.15) is 38.6 Å². The minimum absolute atomic E-state index is 0.384. The van der Waals surface area contributed by atoms with E-state index in [0.29, 0.717) is 36.6 Å². The Bertz CT molecular complexity index is 842. The van der Waals surface area contributed by atoms with Crippen molar-refractivity contribution in [3.05, 3.63) is 84.4 Å². The predicted octanol–water partition coefficient (Wildman–Crippen LogP) is 4.26. The number of rotatable bonds is 8. The van der Waals surface area contributed by atoms with Crippen LogP contribution in [-0.2, 0) is 6.42 Å². The van der Waals surface area contributed by atoms with E-state index in [4.69, 9.17) is 0 Å². The largest absolute Gasteiger partial charge is 0.390 e. The van der Waals surface area contributed by atoms with Gasteiger partial charge in [0.2, 0.25) is 0 Å². The Kier molecular flexibility index (Phi) is 7.18. The summed E-state index contributed by atoms with van der Waals surface area (Å²) in [4.78, 5) is 8.74. The highest BCUT2D eigenvalue weighted by atomic mass is 19.1. The molecule has 6 heteroatoms. The Labute approximate surface area is 166 Å². The second kappa shape index (κ2) is 9.37. The summed E-state index contributed by atoms with van der Waals surface area (Å²) in [6, 6.07) is 0. The zero-order valence-electron chi connectivity index (χ0n) is 16.7. The molecule has 0 saturated carbocycles. The van der Waals surface area contributed by atoms with Gasteiger partial charge in [-0.15, -0.1) is 0 Å². The fraction of sp³-hybridized carbons (Fsp3) is 0.318. The first-order valence-electron chi connectivity index (χ1n) is 9.13. The third kappa shape index (κ3) is 6.39. The Morgan fingerprint density at radius 3 is 2.54 bits per heavy atom. The molecule has 1 aliphatic heterocycles. The van der Waals surface area contributed by atoms with Crippen LogP contribution in [0.3, 0.4) is 0 Å². The van der Waals surface area contributed by atoms with Crippen LogP contribution >= 0.6 is 0 Å². The highest BCUT2D eigenvalue weighted by Gasteiger charge is 2.16.